The molecule has 2 aromatic carbocycles. The fourth-order valence-electron chi connectivity index (χ4n) is 3.90. The van der Waals surface area contributed by atoms with Crippen LogP contribution in [0.25, 0.3) is 0 Å². The van der Waals surface area contributed by atoms with Crippen molar-refractivity contribution in [2.45, 2.75) is 31.3 Å². The molecule has 4 rings (SSSR count). The van der Waals surface area contributed by atoms with E-state index in [1.54, 1.807) is 7.11 Å². The van der Waals surface area contributed by atoms with Crippen molar-refractivity contribution in [1.29, 1.82) is 0 Å². The average molecular weight is 400 g/mol. The second-order valence-electron chi connectivity index (χ2n) is 7.32. The third kappa shape index (κ3) is 4.02. The molecule has 0 bridgehead atoms. The molecule has 28 heavy (non-hydrogen) atoms. The Morgan fingerprint density at radius 1 is 1.18 bits per heavy atom. The summed E-state index contributed by atoms with van der Waals surface area (Å²) in [4.78, 5) is 4.97. The van der Waals surface area contributed by atoms with E-state index in [0.29, 0.717) is 13.2 Å². The van der Waals surface area contributed by atoms with Crippen LogP contribution in [0.3, 0.4) is 0 Å². The molecular weight excluding hydrogens is 374 g/mol. The van der Waals surface area contributed by atoms with E-state index in [0.717, 1.165) is 60.3 Å². The lowest BCUT2D eigenvalue weighted by atomic mass is 9.85. The second-order valence-corrected chi connectivity index (χ2v) is 7.76. The van der Waals surface area contributed by atoms with Gasteiger partial charge in [-0.15, -0.1) is 0 Å². The van der Waals surface area contributed by atoms with Gasteiger partial charge in [0, 0.05) is 38.2 Å². The zero-order chi connectivity index (χ0) is 19.4. The fraction of sp³-hybridized carbons (Fsp3) is 0.409. The van der Waals surface area contributed by atoms with E-state index < -0.39 is 0 Å². The first-order valence-corrected chi connectivity index (χ1v) is 10.1. The van der Waals surface area contributed by atoms with E-state index in [1.807, 2.05) is 18.2 Å². The van der Waals surface area contributed by atoms with E-state index in [-0.39, 0.29) is 5.54 Å². The van der Waals surface area contributed by atoms with Gasteiger partial charge in [0.2, 0.25) is 0 Å². The van der Waals surface area contributed by atoms with Gasteiger partial charge in [-0.3, -0.25) is 4.99 Å². The number of anilines is 2. The molecule has 0 radical (unpaired) electrons. The van der Waals surface area contributed by atoms with Crippen LogP contribution in [0, 0.1) is 0 Å². The summed E-state index contributed by atoms with van der Waals surface area (Å²) in [5.41, 5.74) is 4.35. The Morgan fingerprint density at radius 3 is 2.79 bits per heavy atom. The Balaban J connectivity index is 1.67. The Morgan fingerprint density at radius 2 is 2.00 bits per heavy atom. The van der Waals surface area contributed by atoms with Crippen LogP contribution in [0.1, 0.15) is 24.0 Å². The van der Waals surface area contributed by atoms with Gasteiger partial charge in [0.05, 0.1) is 30.1 Å². The number of nitrogens with zero attached hydrogens (tertiary/aromatic N) is 1. The summed E-state index contributed by atoms with van der Waals surface area (Å²) < 4.78 is 10.9. The number of rotatable bonds is 5. The van der Waals surface area contributed by atoms with E-state index in [1.165, 1.54) is 5.56 Å². The van der Waals surface area contributed by atoms with E-state index in [4.69, 9.17) is 26.1 Å². The van der Waals surface area contributed by atoms with Gasteiger partial charge in [0.15, 0.2) is 0 Å². The number of nitrogens with one attached hydrogen (secondary N) is 2. The molecule has 0 amide bonds. The lowest BCUT2D eigenvalue weighted by molar-refractivity contribution is 0.0778. The summed E-state index contributed by atoms with van der Waals surface area (Å²) in [5.74, 6) is 0.979. The van der Waals surface area contributed by atoms with Crippen molar-refractivity contribution in [3.05, 3.63) is 58.6 Å². The number of fused-ring (bicyclic) bond motifs is 1. The summed E-state index contributed by atoms with van der Waals surface area (Å²) >= 11 is 6.13. The van der Waals surface area contributed by atoms with Crippen LogP contribution in [0.2, 0.25) is 5.02 Å². The summed E-state index contributed by atoms with van der Waals surface area (Å²) in [6, 6.07) is 14.2. The predicted octanol–water partition coefficient (Wildman–Crippen LogP) is 4.51. The summed E-state index contributed by atoms with van der Waals surface area (Å²) in [7, 11) is 1.74. The van der Waals surface area contributed by atoms with E-state index in [9.17, 15) is 0 Å². The highest BCUT2D eigenvalue weighted by atomic mass is 35.5. The van der Waals surface area contributed by atoms with Gasteiger partial charge in [0.25, 0.3) is 0 Å². The number of benzene rings is 2. The topological polar surface area (TPSA) is 54.9 Å². The number of para-hydroxylation sites is 1. The lowest BCUT2D eigenvalue weighted by Gasteiger charge is -2.44. The smallest absolute Gasteiger partial charge is 0.127 e. The molecule has 1 spiro atoms. The first-order chi connectivity index (χ1) is 13.7. The number of halogens is 1. The molecule has 2 aliphatic rings. The summed E-state index contributed by atoms with van der Waals surface area (Å²) in [5, 5.41) is 8.19. The molecule has 6 heteroatoms. The molecule has 0 atom stereocenters. The minimum Gasteiger partial charge on any atom is -0.384 e. The van der Waals surface area contributed by atoms with Crippen LogP contribution in [0.15, 0.2) is 47.5 Å². The van der Waals surface area contributed by atoms with Crippen LogP contribution in [-0.4, -0.2) is 38.3 Å². The van der Waals surface area contributed by atoms with Crippen LogP contribution >= 0.6 is 11.6 Å². The molecule has 148 valence electrons. The molecule has 0 saturated carbocycles. The standard InChI is InChI=1S/C22H26ClN3O2/c1-27-11-8-17-5-3-7-19-20(17)26-22(9-12-28-13-10-22)21(25-19)24-15-16-4-2-6-18(23)14-16/h2-7,14,26H,8-13,15H2,1H3,(H,24,25). The SMILES string of the molecule is COCCc1cccc2c1NC1(CCOCC1)C(=NCc1cccc(Cl)c1)N2. The number of methoxy groups -OCH3 is 1. The number of hydrogen-bond donors (Lipinski definition) is 2. The fourth-order valence-corrected chi connectivity index (χ4v) is 4.11. The number of ether oxygens (including phenoxy) is 2. The highest BCUT2D eigenvalue weighted by Gasteiger charge is 2.41. The van der Waals surface area contributed by atoms with Gasteiger partial charge in [-0.05, 0) is 35.7 Å². The van der Waals surface area contributed by atoms with Crippen molar-refractivity contribution in [2.24, 2.45) is 4.99 Å². The van der Waals surface area contributed by atoms with Gasteiger partial charge in [-0.2, -0.15) is 0 Å². The lowest BCUT2D eigenvalue weighted by Crippen LogP contribution is -2.56. The first-order valence-electron chi connectivity index (χ1n) is 9.73. The summed E-state index contributed by atoms with van der Waals surface area (Å²) in [6.45, 7) is 2.73. The minimum absolute atomic E-state index is 0.229. The first kappa shape index (κ1) is 19.2. The molecule has 2 heterocycles. The largest absolute Gasteiger partial charge is 0.384 e. The maximum atomic E-state index is 6.13. The van der Waals surface area contributed by atoms with Crippen molar-refractivity contribution >= 4 is 28.8 Å². The number of aliphatic imine (C=N–C) groups is 1. The normalized spacial score (nSPS) is 19.1. The van der Waals surface area contributed by atoms with Gasteiger partial charge in [-0.1, -0.05) is 35.9 Å². The molecule has 0 aliphatic carbocycles. The Labute approximate surface area is 171 Å². The molecule has 2 aliphatic heterocycles. The van der Waals surface area contributed by atoms with Crippen LogP contribution < -0.4 is 10.6 Å². The van der Waals surface area contributed by atoms with Gasteiger partial charge < -0.3 is 20.1 Å². The van der Waals surface area contributed by atoms with Crippen LogP contribution in [0.5, 0.6) is 0 Å². The molecule has 0 unspecified atom stereocenters. The molecule has 1 fully saturated rings. The van der Waals surface area contributed by atoms with Crippen molar-refractivity contribution in [2.75, 3.05) is 37.6 Å². The Hall–Kier alpha value is -2.08. The van der Waals surface area contributed by atoms with Crippen molar-refractivity contribution in [1.82, 2.24) is 0 Å². The zero-order valence-electron chi connectivity index (χ0n) is 16.1. The molecule has 2 N–H and O–H groups in total. The molecule has 1 saturated heterocycles. The highest BCUT2D eigenvalue weighted by molar-refractivity contribution is 6.30. The number of amidine groups is 1. The Kier molecular flexibility index (Phi) is 5.85. The molecule has 5 nitrogen and oxygen atoms in total. The Bertz CT molecular complexity index is 863. The minimum atomic E-state index is -0.229. The van der Waals surface area contributed by atoms with Gasteiger partial charge in [0.1, 0.15) is 5.84 Å². The van der Waals surface area contributed by atoms with Crippen LogP contribution in [-0.2, 0) is 22.4 Å². The van der Waals surface area contributed by atoms with Crippen molar-refractivity contribution in [3.63, 3.8) is 0 Å². The van der Waals surface area contributed by atoms with Gasteiger partial charge in [-0.25, -0.2) is 0 Å². The van der Waals surface area contributed by atoms with Crippen molar-refractivity contribution in [3.8, 4) is 0 Å². The molecular formula is C22H26ClN3O2. The van der Waals surface area contributed by atoms with Crippen molar-refractivity contribution < 1.29 is 9.47 Å². The molecule has 2 aromatic rings. The number of hydrogen-bond acceptors (Lipinski definition) is 4. The van der Waals surface area contributed by atoms with Crippen LogP contribution in [0.4, 0.5) is 11.4 Å². The van der Waals surface area contributed by atoms with E-state index >= 15 is 0 Å². The highest BCUT2D eigenvalue weighted by Crippen LogP contribution is 2.39. The monoisotopic (exact) mass is 399 g/mol. The zero-order valence-corrected chi connectivity index (χ0v) is 16.9. The average Bonchev–Trinajstić information content (AvgIpc) is 2.71. The molecule has 0 aromatic heterocycles. The summed E-state index contributed by atoms with van der Waals surface area (Å²) in [6.07, 6.45) is 2.63. The maximum Gasteiger partial charge on any atom is 0.127 e. The third-order valence-electron chi connectivity index (χ3n) is 5.45. The maximum absolute atomic E-state index is 6.13. The van der Waals surface area contributed by atoms with Gasteiger partial charge >= 0.3 is 0 Å². The predicted molar refractivity (Wildman–Crippen MR) is 115 cm³/mol. The third-order valence-corrected chi connectivity index (χ3v) is 5.69. The van der Waals surface area contributed by atoms with E-state index in [2.05, 4.69) is 34.9 Å². The quantitative estimate of drug-likeness (QED) is 0.776. The second kappa shape index (κ2) is 8.52.